The second-order valence-corrected chi connectivity index (χ2v) is 2.99. The van der Waals surface area contributed by atoms with Crippen LogP contribution in [0.15, 0.2) is 30.3 Å². The molecule has 0 saturated heterocycles. The zero-order valence-corrected chi connectivity index (χ0v) is 7.79. The predicted octanol–water partition coefficient (Wildman–Crippen LogP) is 2.37. The lowest BCUT2D eigenvalue weighted by atomic mass is 10.2. The van der Waals surface area contributed by atoms with E-state index in [4.69, 9.17) is 0 Å². The van der Waals surface area contributed by atoms with Crippen LogP contribution in [0.3, 0.4) is 0 Å². The lowest BCUT2D eigenvalue weighted by Gasteiger charge is -2.18. The molecule has 5 heteroatoms. The average Bonchev–Trinajstić information content (AvgIpc) is 2.16. The summed E-state index contributed by atoms with van der Waals surface area (Å²) in [6.45, 7) is -0.154. The van der Waals surface area contributed by atoms with Gasteiger partial charge in [-0.2, -0.15) is 13.2 Å². The standard InChI is InChI=1S/C10H9F3NO/c1-14(9(15)10(11,12)13)7-8-5-3-2-4-6-8/h2-6H,1,7H2. The van der Waals surface area contributed by atoms with E-state index >= 15 is 0 Å². The molecule has 1 radical (unpaired) electrons. The fourth-order valence-electron chi connectivity index (χ4n) is 1.05. The highest BCUT2D eigenvalue weighted by atomic mass is 19.4. The van der Waals surface area contributed by atoms with Gasteiger partial charge in [-0.05, 0) is 5.56 Å². The first-order valence-corrected chi connectivity index (χ1v) is 4.14. The minimum absolute atomic E-state index is 0.154. The van der Waals surface area contributed by atoms with Crippen LogP contribution in [0, 0.1) is 7.05 Å². The summed E-state index contributed by atoms with van der Waals surface area (Å²) in [4.78, 5) is 11.1. The van der Waals surface area contributed by atoms with Crippen molar-refractivity contribution in [3.63, 3.8) is 0 Å². The Morgan fingerprint density at radius 1 is 1.27 bits per heavy atom. The van der Waals surface area contributed by atoms with Crippen LogP contribution in [-0.2, 0) is 11.3 Å². The van der Waals surface area contributed by atoms with Gasteiger partial charge in [-0.25, -0.2) is 0 Å². The van der Waals surface area contributed by atoms with E-state index in [1.54, 1.807) is 30.3 Å². The van der Waals surface area contributed by atoms with E-state index in [-0.39, 0.29) is 6.54 Å². The maximum atomic E-state index is 12.0. The number of hydrogen-bond acceptors (Lipinski definition) is 1. The summed E-state index contributed by atoms with van der Waals surface area (Å²) in [5.41, 5.74) is 0.602. The molecule has 0 aliphatic carbocycles. The van der Waals surface area contributed by atoms with Crippen molar-refractivity contribution in [1.82, 2.24) is 4.90 Å². The van der Waals surface area contributed by atoms with Gasteiger partial charge >= 0.3 is 12.1 Å². The molecule has 1 aromatic carbocycles. The molecule has 0 bridgehead atoms. The molecule has 0 aliphatic rings. The number of alkyl halides is 3. The van der Waals surface area contributed by atoms with Crippen molar-refractivity contribution in [2.24, 2.45) is 0 Å². The van der Waals surface area contributed by atoms with Gasteiger partial charge in [0.15, 0.2) is 0 Å². The summed E-state index contributed by atoms with van der Waals surface area (Å²) in [6, 6.07) is 8.36. The Morgan fingerprint density at radius 2 is 1.80 bits per heavy atom. The molecule has 1 rings (SSSR count). The minimum Gasteiger partial charge on any atom is -0.329 e. The van der Waals surface area contributed by atoms with E-state index < -0.39 is 12.1 Å². The molecule has 0 spiro atoms. The number of nitrogens with zero attached hydrogens (tertiary/aromatic N) is 1. The van der Waals surface area contributed by atoms with Crippen LogP contribution in [0.4, 0.5) is 13.2 Å². The predicted molar refractivity (Wildman–Crippen MR) is 48.4 cm³/mol. The molecule has 0 N–H and O–H groups in total. The fourth-order valence-corrected chi connectivity index (χ4v) is 1.05. The summed E-state index contributed by atoms with van der Waals surface area (Å²) in [6.07, 6.45) is -4.86. The third-order valence-corrected chi connectivity index (χ3v) is 1.75. The van der Waals surface area contributed by atoms with Crippen molar-refractivity contribution >= 4 is 5.91 Å². The molecule has 81 valence electrons. The van der Waals surface area contributed by atoms with E-state index in [2.05, 4.69) is 7.05 Å². The van der Waals surface area contributed by atoms with E-state index in [9.17, 15) is 18.0 Å². The lowest BCUT2D eigenvalue weighted by Crippen LogP contribution is -2.36. The lowest BCUT2D eigenvalue weighted by molar-refractivity contribution is -0.183. The molecule has 0 aromatic heterocycles. The number of carbonyl (C=O) groups is 1. The van der Waals surface area contributed by atoms with Crippen LogP contribution in [0.2, 0.25) is 0 Å². The van der Waals surface area contributed by atoms with Gasteiger partial charge in [0, 0.05) is 13.6 Å². The molecular weight excluding hydrogens is 207 g/mol. The van der Waals surface area contributed by atoms with Gasteiger partial charge in [0.2, 0.25) is 0 Å². The van der Waals surface area contributed by atoms with Crippen LogP contribution in [0.1, 0.15) is 5.56 Å². The molecule has 0 atom stereocenters. The molecule has 2 nitrogen and oxygen atoms in total. The van der Waals surface area contributed by atoms with Crippen LogP contribution in [-0.4, -0.2) is 17.0 Å². The van der Waals surface area contributed by atoms with Gasteiger partial charge in [-0.15, -0.1) is 0 Å². The number of carbonyl (C=O) groups excluding carboxylic acids is 1. The van der Waals surface area contributed by atoms with Crippen molar-refractivity contribution in [3.8, 4) is 0 Å². The maximum absolute atomic E-state index is 12.0. The monoisotopic (exact) mass is 216 g/mol. The van der Waals surface area contributed by atoms with Gasteiger partial charge in [0.1, 0.15) is 0 Å². The van der Waals surface area contributed by atoms with Gasteiger partial charge in [0.05, 0.1) is 0 Å². The highest BCUT2D eigenvalue weighted by Crippen LogP contribution is 2.19. The smallest absolute Gasteiger partial charge is 0.329 e. The molecule has 15 heavy (non-hydrogen) atoms. The normalized spacial score (nSPS) is 11.2. The van der Waals surface area contributed by atoms with Crippen molar-refractivity contribution in [1.29, 1.82) is 0 Å². The molecule has 0 saturated carbocycles. The number of rotatable bonds is 2. The topological polar surface area (TPSA) is 20.3 Å². The van der Waals surface area contributed by atoms with E-state index in [1.807, 2.05) is 0 Å². The summed E-state index contributed by atoms with van der Waals surface area (Å²) in [5.74, 6) is -1.94. The Labute approximate surface area is 85.3 Å². The van der Waals surface area contributed by atoms with Crippen molar-refractivity contribution in [2.45, 2.75) is 12.7 Å². The second kappa shape index (κ2) is 4.33. The van der Waals surface area contributed by atoms with Gasteiger partial charge in [0.25, 0.3) is 0 Å². The van der Waals surface area contributed by atoms with E-state index in [0.717, 1.165) is 0 Å². The summed E-state index contributed by atoms with van der Waals surface area (Å²) < 4.78 is 35.9. The van der Waals surface area contributed by atoms with Gasteiger partial charge in [-0.3, -0.25) is 4.79 Å². The van der Waals surface area contributed by atoms with Crippen LogP contribution < -0.4 is 0 Å². The van der Waals surface area contributed by atoms with E-state index in [1.165, 1.54) is 0 Å². The molecular formula is C10H9F3NO. The Balaban J connectivity index is 2.65. The average molecular weight is 216 g/mol. The van der Waals surface area contributed by atoms with E-state index in [0.29, 0.717) is 10.5 Å². The first-order valence-electron chi connectivity index (χ1n) is 4.14. The zero-order chi connectivity index (χ0) is 11.5. The first kappa shape index (κ1) is 11.6. The molecule has 0 unspecified atom stereocenters. The zero-order valence-electron chi connectivity index (χ0n) is 7.79. The second-order valence-electron chi connectivity index (χ2n) is 2.99. The minimum atomic E-state index is -4.86. The third-order valence-electron chi connectivity index (χ3n) is 1.75. The maximum Gasteiger partial charge on any atom is 0.471 e. The van der Waals surface area contributed by atoms with Gasteiger partial charge in [-0.1, -0.05) is 30.3 Å². The molecule has 0 aliphatic heterocycles. The SMILES string of the molecule is [CH2]N(Cc1ccccc1)C(=O)C(F)(F)F. The summed E-state index contributed by atoms with van der Waals surface area (Å²) >= 11 is 0. The highest BCUT2D eigenvalue weighted by molar-refractivity contribution is 5.82. The van der Waals surface area contributed by atoms with Crippen LogP contribution in [0.5, 0.6) is 0 Å². The van der Waals surface area contributed by atoms with Crippen LogP contribution in [0.25, 0.3) is 0 Å². The Hall–Kier alpha value is -1.52. The molecule has 1 aromatic rings. The molecule has 0 heterocycles. The molecule has 0 fully saturated rings. The quantitative estimate of drug-likeness (QED) is 0.743. The number of halogens is 3. The first-order chi connectivity index (χ1) is 6.91. The highest BCUT2D eigenvalue weighted by Gasteiger charge is 2.41. The number of benzene rings is 1. The van der Waals surface area contributed by atoms with Crippen molar-refractivity contribution in [2.75, 3.05) is 0 Å². The number of hydrogen-bond donors (Lipinski definition) is 0. The Bertz CT molecular complexity index is 334. The summed E-state index contributed by atoms with van der Waals surface area (Å²) in [7, 11) is 3.06. The third kappa shape index (κ3) is 3.27. The largest absolute Gasteiger partial charge is 0.471 e. The number of amides is 1. The molecule has 1 amide bonds. The van der Waals surface area contributed by atoms with Crippen molar-refractivity contribution in [3.05, 3.63) is 42.9 Å². The van der Waals surface area contributed by atoms with Gasteiger partial charge < -0.3 is 4.90 Å². The Kier molecular flexibility index (Phi) is 3.34. The fraction of sp³-hybridized carbons (Fsp3) is 0.200. The Morgan fingerprint density at radius 3 is 2.27 bits per heavy atom. The van der Waals surface area contributed by atoms with Crippen molar-refractivity contribution < 1.29 is 18.0 Å². The van der Waals surface area contributed by atoms with Crippen LogP contribution >= 0.6 is 0 Å². The summed E-state index contributed by atoms with van der Waals surface area (Å²) in [5, 5.41) is 0.